The first-order valence-corrected chi connectivity index (χ1v) is 10.2. The first-order valence-electron chi connectivity index (χ1n) is 9.25. The van der Waals surface area contributed by atoms with E-state index in [1.165, 1.54) is 0 Å². The highest BCUT2D eigenvalue weighted by Crippen LogP contribution is 2.23. The smallest absolute Gasteiger partial charge is 0.321 e. The van der Waals surface area contributed by atoms with Gasteiger partial charge in [-0.1, -0.05) is 12.1 Å². The Morgan fingerprint density at radius 2 is 2.19 bits per heavy atom. The lowest BCUT2D eigenvalue weighted by atomic mass is 10.1. The number of anilines is 1. The number of nitrogens with zero attached hydrogens (tertiary/aromatic N) is 3. The van der Waals surface area contributed by atoms with Gasteiger partial charge in [0.25, 0.3) is 0 Å². The van der Waals surface area contributed by atoms with Crippen LogP contribution in [0.2, 0.25) is 0 Å². The molecule has 0 unspecified atom stereocenters. The Hall–Kier alpha value is -2.00. The molecule has 0 bridgehead atoms. The summed E-state index contributed by atoms with van der Waals surface area (Å²) < 4.78 is 5.37. The maximum absolute atomic E-state index is 12.7. The molecule has 0 saturated carbocycles. The van der Waals surface area contributed by atoms with Crippen LogP contribution in [0, 0.1) is 0 Å². The first-order chi connectivity index (χ1) is 13.2. The molecule has 1 aromatic carbocycles. The Kier molecular flexibility index (Phi) is 5.68. The highest BCUT2D eigenvalue weighted by molar-refractivity contribution is 7.07. The van der Waals surface area contributed by atoms with Crippen molar-refractivity contribution in [2.24, 2.45) is 0 Å². The van der Waals surface area contributed by atoms with E-state index in [-0.39, 0.29) is 12.1 Å². The molecule has 1 aromatic heterocycles. The molecule has 144 valence electrons. The number of amides is 2. The molecule has 2 saturated heterocycles. The summed E-state index contributed by atoms with van der Waals surface area (Å²) in [5, 5.41) is 15.0. The summed E-state index contributed by atoms with van der Waals surface area (Å²) >= 11 is 1.55. The van der Waals surface area contributed by atoms with Crippen LogP contribution in [-0.2, 0) is 4.74 Å². The van der Waals surface area contributed by atoms with Crippen molar-refractivity contribution in [2.45, 2.75) is 18.6 Å². The lowest BCUT2D eigenvalue weighted by Crippen LogP contribution is -2.45. The normalized spacial score (nSPS) is 24.0. The van der Waals surface area contributed by atoms with Gasteiger partial charge in [0.05, 0.1) is 36.6 Å². The van der Waals surface area contributed by atoms with Crippen LogP contribution in [0.4, 0.5) is 10.5 Å². The monoisotopic (exact) mass is 388 g/mol. The van der Waals surface area contributed by atoms with E-state index in [1.54, 1.807) is 16.8 Å². The van der Waals surface area contributed by atoms with Crippen LogP contribution in [0.25, 0.3) is 11.3 Å². The number of hydrogen-bond acceptors (Lipinski definition) is 6. The van der Waals surface area contributed by atoms with E-state index in [1.807, 2.05) is 34.5 Å². The molecule has 2 fully saturated rings. The number of hydrogen-bond donors (Lipinski definition) is 2. The summed E-state index contributed by atoms with van der Waals surface area (Å²) in [6.07, 6.45) is 0.453. The Balaban J connectivity index is 1.37. The molecule has 4 rings (SSSR count). The fourth-order valence-corrected chi connectivity index (χ4v) is 4.23. The zero-order valence-corrected chi connectivity index (χ0v) is 15.9. The third kappa shape index (κ3) is 4.30. The third-order valence-corrected chi connectivity index (χ3v) is 5.74. The van der Waals surface area contributed by atoms with Crippen LogP contribution >= 0.6 is 11.3 Å². The molecule has 27 heavy (non-hydrogen) atoms. The molecule has 0 spiro atoms. The predicted molar refractivity (Wildman–Crippen MR) is 105 cm³/mol. The molecule has 8 heteroatoms. The number of thiazole rings is 1. The molecule has 2 aliphatic rings. The number of rotatable bonds is 3. The second-order valence-corrected chi connectivity index (χ2v) is 7.65. The molecule has 7 nitrogen and oxygen atoms in total. The zero-order valence-electron chi connectivity index (χ0n) is 15.1. The summed E-state index contributed by atoms with van der Waals surface area (Å²) in [6, 6.07) is 7.71. The largest absolute Gasteiger partial charge is 0.389 e. The van der Waals surface area contributed by atoms with Crippen molar-refractivity contribution >= 4 is 23.1 Å². The van der Waals surface area contributed by atoms with E-state index in [0.29, 0.717) is 26.3 Å². The maximum Gasteiger partial charge on any atom is 0.321 e. The van der Waals surface area contributed by atoms with Crippen LogP contribution in [0.5, 0.6) is 0 Å². The number of aromatic nitrogens is 1. The Morgan fingerprint density at radius 1 is 1.26 bits per heavy atom. The fourth-order valence-electron chi connectivity index (χ4n) is 3.67. The Morgan fingerprint density at radius 3 is 2.96 bits per heavy atom. The van der Waals surface area contributed by atoms with Gasteiger partial charge >= 0.3 is 6.03 Å². The minimum Gasteiger partial charge on any atom is -0.389 e. The molecule has 2 N–H and O–H groups in total. The van der Waals surface area contributed by atoms with Crippen LogP contribution in [0.15, 0.2) is 35.2 Å². The zero-order chi connectivity index (χ0) is 18.6. The molecular weight excluding hydrogens is 364 g/mol. The van der Waals surface area contributed by atoms with Crippen molar-refractivity contribution < 1.29 is 14.6 Å². The molecule has 2 aliphatic heterocycles. The van der Waals surface area contributed by atoms with E-state index in [9.17, 15) is 9.90 Å². The van der Waals surface area contributed by atoms with E-state index >= 15 is 0 Å². The van der Waals surface area contributed by atoms with Crippen LogP contribution in [-0.4, -0.2) is 77.5 Å². The minimum atomic E-state index is -0.432. The topological polar surface area (TPSA) is 77.9 Å². The molecule has 3 heterocycles. The molecule has 2 atom stereocenters. The molecule has 0 radical (unpaired) electrons. The molecule has 2 aromatic rings. The second-order valence-electron chi connectivity index (χ2n) is 6.93. The highest BCUT2D eigenvalue weighted by Gasteiger charge is 2.33. The van der Waals surface area contributed by atoms with Gasteiger partial charge in [-0.25, -0.2) is 9.78 Å². The quantitative estimate of drug-likeness (QED) is 0.842. The number of ether oxygens (including phenoxy) is 1. The predicted octanol–water partition coefficient (Wildman–Crippen LogP) is 2.11. The van der Waals surface area contributed by atoms with Gasteiger partial charge in [0.2, 0.25) is 0 Å². The SMILES string of the molecule is O=C(Nc1cccc(-c2cscn2)c1)N1CCCN([C@@H]2COC[C@H]2O)CC1. The van der Waals surface area contributed by atoms with E-state index in [2.05, 4.69) is 15.2 Å². The maximum atomic E-state index is 12.7. The summed E-state index contributed by atoms with van der Waals surface area (Å²) in [5.41, 5.74) is 4.48. The van der Waals surface area contributed by atoms with Crippen molar-refractivity contribution in [3.05, 3.63) is 35.2 Å². The van der Waals surface area contributed by atoms with E-state index in [0.717, 1.165) is 36.5 Å². The van der Waals surface area contributed by atoms with E-state index in [4.69, 9.17) is 4.74 Å². The first kappa shape index (κ1) is 18.4. The number of urea groups is 1. The number of aliphatic hydroxyl groups is 1. The minimum absolute atomic E-state index is 0.0443. The third-order valence-electron chi connectivity index (χ3n) is 5.15. The summed E-state index contributed by atoms with van der Waals surface area (Å²) in [4.78, 5) is 21.1. The van der Waals surface area contributed by atoms with Crippen LogP contribution in [0.3, 0.4) is 0 Å². The molecule has 2 amide bonds. The Labute approximate surface area is 162 Å². The number of benzene rings is 1. The summed E-state index contributed by atoms with van der Waals surface area (Å²) in [7, 11) is 0. The van der Waals surface area contributed by atoms with Gasteiger partial charge in [0.1, 0.15) is 0 Å². The average Bonchev–Trinajstić information content (AvgIpc) is 3.29. The van der Waals surface area contributed by atoms with Gasteiger partial charge in [-0.3, -0.25) is 4.90 Å². The van der Waals surface area contributed by atoms with Crippen LogP contribution in [0.1, 0.15) is 6.42 Å². The average molecular weight is 388 g/mol. The van der Waals surface area contributed by atoms with Gasteiger partial charge in [-0.2, -0.15) is 0 Å². The standard InChI is InChI=1S/C19H24N4O3S/c24-18-11-26-10-17(18)22-5-2-6-23(8-7-22)19(25)21-15-4-1-3-14(9-15)16-12-27-13-20-16/h1,3-4,9,12-13,17-18,24H,2,5-8,10-11H2,(H,21,25)/t17-,18-/m1/s1. The van der Waals surface area contributed by atoms with Gasteiger partial charge < -0.3 is 20.1 Å². The highest BCUT2D eigenvalue weighted by atomic mass is 32.1. The fraction of sp³-hybridized carbons (Fsp3) is 0.474. The lowest BCUT2D eigenvalue weighted by molar-refractivity contribution is 0.0845. The van der Waals surface area contributed by atoms with Gasteiger partial charge in [0.15, 0.2) is 0 Å². The number of carbonyl (C=O) groups is 1. The van der Waals surface area contributed by atoms with Crippen molar-refractivity contribution in [1.82, 2.24) is 14.8 Å². The van der Waals surface area contributed by atoms with Crippen molar-refractivity contribution in [1.29, 1.82) is 0 Å². The Bertz CT molecular complexity index is 770. The number of carbonyl (C=O) groups excluding carboxylic acids is 1. The second kappa shape index (κ2) is 8.35. The summed E-state index contributed by atoms with van der Waals surface area (Å²) in [5.74, 6) is 0. The lowest BCUT2D eigenvalue weighted by Gasteiger charge is -2.28. The van der Waals surface area contributed by atoms with E-state index < -0.39 is 6.10 Å². The summed E-state index contributed by atoms with van der Waals surface area (Å²) in [6.45, 7) is 3.93. The number of nitrogens with one attached hydrogen (secondary N) is 1. The van der Waals surface area contributed by atoms with Crippen molar-refractivity contribution in [3.8, 4) is 11.3 Å². The van der Waals surface area contributed by atoms with Gasteiger partial charge in [-0.05, 0) is 18.6 Å². The molecular formula is C19H24N4O3S. The molecule has 0 aliphatic carbocycles. The van der Waals surface area contributed by atoms with Gasteiger partial charge in [-0.15, -0.1) is 11.3 Å². The number of aliphatic hydroxyl groups excluding tert-OH is 1. The van der Waals surface area contributed by atoms with Crippen molar-refractivity contribution in [3.63, 3.8) is 0 Å². The van der Waals surface area contributed by atoms with Crippen LogP contribution < -0.4 is 5.32 Å². The van der Waals surface area contributed by atoms with Crippen molar-refractivity contribution in [2.75, 3.05) is 44.7 Å². The van der Waals surface area contributed by atoms with Gasteiger partial charge in [0, 0.05) is 42.8 Å².